The highest BCUT2D eigenvalue weighted by Gasteiger charge is 2.53. The quantitative estimate of drug-likeness (QED) is 0.405. The molecule has 4 rings (SSSR count). The van der Waals surface area contributed by atoms with Gasteiger partial charge in [0.1, 0.15) is 11.2 Å². The minimum atomic E-state index is -0.820. The molecule has 3 aromatic carbocycles. The van der Waals surface area contributed by atoms with Crippen LogP contribution >= 0.6 is 0 Å². The molecule has 32 heavy (non-hydrogen) atoms. The van der Waals surface area contributed by atoms with Gasteiger partial charge in [0.15, 0.2) is 0 Å². The first-order valence-electron chi connectivity index (χ1n) is 11.5. The van der Waals surface area contributed by atoms with Crippen molar-refractivity contribution < 1.29 is 14.0 Å². The number of primary amides is 1. The van der Waals surface area contributed by atoms with Gasteiger partial charge in [-0.2, -0.15) is 0 Å². The third-order valence-electron chi connectivity index (χ3n) is 6.99. The summed E-state index contributed by atoms with van der Waals surface area (Å²) in [7, 11) is 2.30. The Morgan fingerprint density at radius 1 is 0.938 bits per heavy atom. The summed E-state index contributed by atoms with van der Waals surface area (Å²) in [6.45, 7) is 3.66. The Balaban J connectivity index is 1.54. The summed E-state index contributed by atoms with van der Waals surface area (Å²) >= 11 is 0. The summed E-state index contributed by atoms with van der Waals surface area (Å²) in [5.41, 5.74) is 7.38. The van der Waals surface area contributed by atoms with Crippen LogP contribution in [0.3, 0.4) is 0 Å². The molecule has 0 bridgehead atoms. The van der Waals surface area contributed by atoms with Crippen LogP contribution in [0.1, 0.15) is 24.0 Å². The minimum Gasteiger partial charge on any atom is -0.493 e. The number of amides is 1. The van der Waals surface area contributed by atoms with Gasteiger partial charge in [-0.15, -0.1) is 0 Å². The van der Waals surface area contributed by atoms with Crippen molar-refractivity contribution in [1.82, 2.24) is 0 Å². The van der Waals surface area contributed by atoms with Crippen molar-refractivity contribution in [3.8, 4) is 5.75 Å². The molecule has 2 atom stereocenters. The van der Waals surface area contributed by atoms with E-state index in [4.69, 9.17) is 10.5 Å². The Hall–Kier alpha value is -3.11. The first-order valence-corrected chi connectivity index (χ1v) is 11.5. The highest BCUT2D eigenvalue weighted by molar-refractivity contribution is 5.91. The monoisotopic (exact) mass is 429 g/mol. The lowest BCUT2D eigenvalue weighted by molar-refractivity contribution is -0.899. The van der Waals surface area contributed by atoms with Gasteiger partial charge in [-0.05, 0) is 23.3 Å². The number of benzene rings is 3. The van der Waals surface area contributed by atoms with Gasteiger partial charge in [-0.25, -0.2) is 0 Å². The van der Waals surface area contributed by atoms with Gasteiger partial charge in [0.05, 0.1) is 33.3 Å². The lowest BCUT2D eigenvalue weighted by Gasteiger charge is -2.38. The topological polar surface area (TPSA) is 52.3 Å². The summed E-state index contributed by atoms with van der Waals surface area (Å²) in [6.07, 6.45) is 1.93. The predicted octanol–water partition coefficient (Wildman–Crippen LogP) is 4.39. The number of likely N-dealkylation sites (tertiary alicyclic amines) is 1. The summed E-state index contributed by atoms with van der Waals surface area (Å²) in [5.74, 6) is 0.793. The molecular weight excluding hydrogens is 396 g/mol. The van der Waals surface area contributed by atoms with Crippen LogP contribution in [0, 0.1) is 5.92 Å². The zero-order chi connectivity index (χ0) is 22.4. The second-order valence-corrected chi connectivity index (χ2v) is 9.15. The SMILES string of the molecule is C[N+]1(CCCOc2ccccc2)CC[C@@H](C(C(N)=O)(c2ccccc2)c2ccccc2)C1. The van der Waals surface area contributed by atoms with E-state index in [2.05, 4.69) is 7.05 Å². The summed E-state index contributed by atoms with van der Waals surface area (Å²) in [6, 6.07) is 30.1. The molecule has 1 saturated heterocycles. The Kier molecular flexibility index (Phi) is 6.61. The van der Waals surface area contributed by atoms with E-state index in [1.54, 1.807) is 0 Å². The second kappa shape index (κ2) is 9.58. The average molecular weight is 430 g/mol. The number of quaternary nitrogens is 1. The number of ether oxygens (including phenoxy) is 1. The fraction of sp³-hybridized carbons (Fsp3) is 0.321. The molecule has 0 radical (unpaired) electrons. The van der Waals surface area contributed by atoms with E-state index in [1.165, 1.54) is 0 Å². The average Bonchev–Trinajstić information content (AvgIpc) is 3.21. The van der Waals surface area contributed by atoms with Crippen molar-refractivity contribution in [2.45, 2.75) is 18.3 Å². The standard InChI is InChI=1S/C28H32N2O2/c1-30(19-11-21-32-26-16-9-4-10-17-26)20-18-25(22-30)28(27(29)31,23-12-5-2-6-13-23)24-14-7-3-8-15-24/h2-10,12-17,25H,11,18-22H2,1H3,(H-,29,31)/p+1/t25-,30?/m1/s1. The smallest absolute Gasteiger partial charge is 0.233 e. The van der Waals surface area contributed by atoms with E-state index in [0.29, 0.717) is 6.61 Å². The molecule has 2 N–H and O–H groups in total. The number of hydrogen-bond donors (Lipinski definition) is 1. The van der Waals surface area contributed by atoms with E-state index >= 15 is 0 Å². The maximum atomic E-state index is 13.2. The molecule has 1 aliphatic heterocycles. The molecule has 166 valence electrons. The Labute approximate surface area is 191 Å². The molecule has 4 heteroatoms. The van der Waals surface area contributed by atoms with E-state index in [0.717, 1.165) is 53.8 Å². The van der Waals surface area contributed by atoms with Crippen LogP contribution in [0.15, 0.2) is 91.0 Å². The van der Waals surface area contributed by atoms with Crippen LogP contribution in [0.4, 0.5) is 0 Å². The van der Waals surface area contributed by atoms with E-state index in [9.17, 15) is 4.79 Å². The van der Waals surface area contributed by atoms with E-state index < -0.39 is 5.41 Å². The summed E-state index contributed by atoms with van der Waals surface area (Å²) < 4.78 is 6.83. The Bertz CT molecular complexity index is 968. The lowest BCUT2D eigenvalue weighted by atomic mass is 9.64. The molecule has 1 aliphatic rings. The van der Waals surface area contributed by atoms with Gasteiger partial charge in [0.2, 0.25) is 5.91 Å². The maximum absolute atomic E-state index is 13.2. The molecule has 1 fully saturated rings. The van der Waals surface area contributed by atoms with Crippen molar-refractivity contribution in [1.29, 1.82) is 0 Å². The summed E-state index contributed by atoms with van der Waals surface area (Å²) in [5, 5.41) is 0. The molecule has 0 aromatic heterocycles. The number of nitrogens with zero attached hydrogens (tertiary/aromatic N) is 1. The number of para-hydroxylation sites is 1. The van der Waals surface area contributed by atoms with Gasteiger partial charge in [0, 0.05) is 18.8 Å². The van der Waals surface area contributed by atoms with Crippen molar-refractivity contribution >= 4 is 5.91 Å². The molecule has 0 aliphatic carbocycles. The summed E-state index contributed by atoms with van der Waals surface area (Å²) in [4.78, 5) is 13.2. The molecular formula is C28H33N2O2+. The molecule has 0 saturated carbocycles. The van der Waals surface area contributed by atoms with E-state index in [-0.39, 0.29) is 11.8 Å². The molecule has 3 aromatic rings. The van der Waals surface area contributed by atoms with Crippen molar-refractivity contribution in [3.63, 3.8) is 0 Å². The van der Waals surface area contributed by atoms with Gasteiger partial charge in [0.25, 0.3) is 0 Å². The van der Waals surface area contributed by atoms with Crippen molar-refractivity contribution in [2.24, 2.45) is 11.7 Å². The number of rotatable bonds is 9. The second-order valence-electron chi connectivity index (χ2n) is 9.15. The molecule has 4 nitrogen and oxygen atoms in total. The number of hydrogen-bond acceptors (Lipinski definition) is 2. The highest BCUT2D eigenvalue weighted by Crippen LogP contribution is 2.45. The van der Waals surface area contributed by atoms with Gasteiger partial charge < -0.3 is 15.0 Å². The first-order chi connectivity index (χ1) is 15.5. The third kappa shape index (κ3) is 4.42. The normalized spacial score (nSPS) is 20.7. The fourth-order valence-electron chi connectivity index (χ4n) is 5.42. The number of carbonyl (C=O) groups excluding carboxylic acids is 1. The first kappa shape index (κ1) is 22.1. The van der Waals surface area contributed by atoms with E-state index in [1.807, 2.05) is 91.0 Å². The fourth-order valence-corrected chi connectivity index (χ4v) is 5.42. The predicted molar refractivity (Wildman–Crippen MR) is 128 cm³/mol. The lowest BCUT2D eigenvalue weighted by Crippen LogP contribution is -2.51. The zero-order valence-electron chi connectivity index (χ0n) is 18.8. The van der Waals surface area contributed by atoms with Gasteiger partial charge in [-0.1, -0.05) is 78.9 Å². The van der Waals surface area contributed by atoms with Crippen LogP contribution in [0.2, 0.25) is 0 Å². The van der Waals surface area contributed by atoms with Crippen LogP contribution in [0.5, 0.6) is 5.75 Å². The van der Waals surface area contributed by atoms with Crippen molar-refractivity contribution in [3.05, 3.63) is 102 Å². The van der Waals surface area contributed by atoms with Crippen LogP contribution in [-0.4, -0.2) is 43.7 Å². The third-order valence-corrected chi connectivity index (χ3v) is 6.99. The number of carbonyl (C=O) groups is 1. The van der Waals surface area contributed by atoms with Crippen molar-refractivity contribution in [2.75, 3.05) is 33.3 Å². The van der Waals surface area contributed by atoms with Crippen LogP contribution < -0.4 is 10.5 Å². The molecule has 1 amide bonds. The number of nitrogens with two attached hydrogens (primary N) is 1. The molecule has 1 heterocycles. The van der Waals surface area contributed by atoms with Gasteiger partial charge in [-0.3, -0.25) is 4.79 Å². The van der Waals surface area contributed by atoms with Gasteiger partial charge >= 0.3 is 0 Å². The zero-order valence-corrected chi connectivity index (χ0v) is 18.8. The Morgan fingerprint density at radius 3 is 2.00 bits per heavy atom. The molecule has 0 spiro atoms. The Morgan fingerprint density at radius 2 is 1.47 bits per heavy atom. The largest absolute Gasteiger partial charge is 0.493 e. The minimum absolute atomic E-state index is 0.143. The highest BCUT2D eigenvalue weighted by atomic mass is 16.5. The molecule has 1 unspecified atom stereocenters. The van der Waals surface area contributed by atoms with Crippen LogP contribution in [-0.2, 0) is 10.2 Å². The van der Waals surface area contributed by atoms with Crippen LogP contribution in [0.25, 0.3) is 0 Å². The maximum Gasteiger partial charge on any atom is 0.233 e.